The highest BCUT2D eigenvalue weighted by atomic mass is 16.5. The van der Waals surface area contributed by atoms with Crippen LogP contribution in [-0.4, -0.2) is 47.4 Å². The zero-order valence-electron chi connectivity index (χ0n) is 11.2. The third-order valence-electron chi connectivity index (χ3n) is 3.09. The molecule has 2 unspecified atom stereocenters. The number of hydrogen-bond acceptors (Lipinski definition) is 3. The van der Waals surface area contributed by atoms with E-state index in [9.17, 15) is 5.11 Å². The second-order valence-electron chi connectivity index (χ2n) is 5.92. The molecule has 1 saturated heterocycles. The molecular weight excluding hydrogens is 202 g/mol. The van der Waals surface area contributed by atoms with Gasteiger partial charge in [-0.25, -0.2) is 0 Å². The Hall–Kier alpha value is -0.120. The van der Waals surface area contributed by atoms with Crippen molar-refractivity contribution < 1.29 is 9.84 Å². The van der Waals surface area contributed by atoms with Gasteiger partial charge in [0.2, 0.25) is 0 Å². The zero-order valence-corrected chi connectivity index (χ0v) is 11.2. The molecule has 1 heterocycles. The topological polar surface area (TPSA) is 32.7 Å². The van der Waals surface area contributed by atoms with Gasteiger partial charge in [-0.1, -0.05) is 6.42 Å². The van der Waals surface area contributed by atoms with Crippen molar-refractivity contribution in [2.24, 2.45) is 0 Å². The van der Waals surface area contributed by atoms with E-state index in [1.165, 1.54) is 19.3 Å². The molecule has 3 heteroatoms. The van der Waals surface area contributed by atoms with Gasteiger partial charge in [0.25, 0.3) is 0 Å². The van der Waals surface area contributed by atoms with Crippen LogP contribution in [0.2, 0.25) is 0 Å². The van der Waals surface area contributed by atoms with Crippen molar-refractivity contribution in [3.63, 3.8) is 0 Å². The number of β-amino-alcohol motifs (C(OH)–C–C–N with tert-alkyl or cyclic N) is 1. The normalized spacial score (nSPS) is 25.7. The zero-order chi connectivity index (χ0) is 12.2. The van der Waals surface area contributed by atoms with Crippen LogP contribution < -0.4 is 0 Å². The Bertz CT molecular complexity index is 201. The van der Waals surface area contributed by atoms with Crippen molar-refractivity contribution in [3.8, 4) is 0 Å². The minimum Gasteiger partial charge on any atom is -0.389 e. The summed E-state index contributed by atoms with van der Waals surface area (Å²) >= 11 is 0. The van der Waals surface area contributed by atoms with Crippen LogP contribution in [0.5, 0.6) is 0 Å². The van der Waals surface area contributed by atoms with Gasteiger partial charge in [0, 0.05) is 12.6 Å². The van der Waals surface area contributed by atoms with Gasteiger partial charge in [-0.2, -0.15) is 0 Å². The predicted octanol–water partition coefficient (Wildman–Crippen LogP) is 2.04. The van der Waals surface area contributed by atoms with Crippen molar-refractivity contribution in [2.75, 3.05) is 19.7 Å². The molecule has 1 aliphatic rings. The molecule has 1 rings (SSSR count). The Morgan fingerprint density at radius 1 is 1.38 bits per heavy atom. The van der Waals surface area contributed by atoms with Gasteiger partial charge in [-0.15, -0.1) is 0 Å². The molecule has 0 amide bonds. The van der Waals surface area contributed by atoms with E-state index in [0.29, 0.717) is 12.6 Å². The number of hydrogen-bond donors (Lipinski definition) is 1. The molecule has 0 spiro atoms. The van der Waals surface area contributed by atoms with Gasteiger partial charge >= 0.3 is 0 Å². The lowest BCUT2D eigenvalue weighted by Crippen LogP contribution is -2.44. The van der Waals surface area contributed by atoms with Gasteiger partial charge in [-0.05, 0) is 47.1 Å². The molecule has 0 aromatic heterocycles. The molecule has 0 saturated carbocycles. The Labute approximate surface area is 99.8 Å². The first-order valence-electron chi connectivity index (χ1n) is 6.44. The van der Waals surface area contributed by atoms with Crippen LogP contribution in [0.25, 0.3) is 0 Å². The summed E-state index contributed by atoms with van der Waals surface area (Å²) in [6, 6.07) is 0.609. The number of piperidine rings is 1. The van der Waals surface area contributed by atoms with Crippen molar-refractivity contribution in [2.45, 2.75) is 64.7 Å². The number of rotatable bonds is 4. The molecule has 0 aliphatic carbocycles. The molecule has 0 aromatic carbocycles. The molecular formula is C13H27NO2. The summed E-state index contributed by atoms with van der Waals surface area (Å²) in [4.78, 5) is 2.38. The minimum atomic E-state index is -0.361. The average molecular weight is 229 g/mol. The lowest BCUT2D eigenvalue weighted by atomic mass is 10.0. The van der Waals surface area contributed by atoms with Crippen LogP contribution >= 0.6 is 0 Å². The summed E-state index contributed by atoms with van der Waals surface area (Å²) in [5.74, 6) is 0. The molecule has 96 valence electrons. The molecule has 0 bridgehead atoms. The lowest BCUT2D eigenvalue weighted by Gasteiger charge is -2.35. The highest BCUT2D eigenvalue weighted by molar-refractivity contribution is 4.75. The van der Waals surface area contributed by atoms with Crippen LogP contribution in [0.4, 0.5) is 0 Å². The fourth-order valence-corrected chi connectivity index (χ4v) is 2.10. The predicted molar refractivity (Wildman–Crippen MR) is 66.6 cm³/mol. The number of nitrogens with zero attached hydrogens (tertiary/aromatic N) is 1. The highest BCUT2D eigenvalue weighted by Gasteiger charge is 2.21. The van der Waals surface area contributed by atoms with Crippen molar-refractivity contribution in [1.82, 2.24) is 4.90 Å². The highest BCUT2D eigenvalue weighted by Crippen LogP contribution is 2.17. The average Bonchev–Trinajstić information content (AvgIpc) is 2.18. The van der Waals surface area contributed by atoms with Gasteiger partial charge in [0.15, 0.2) is 0 Å². The van der Waals surface area contributed by atoms with E-state index in [2.05, 4.69) is 11.8 Å². The van der Waals surface area contributed by atoms with Crippen LogP contribution in [0, 0.1) is 0 Å². The Balaban J connectivity index is 2.24. The fraction of sp³-hybridized carbons (Fsp3) is 1.00. The smallest absolute Gasteiger partial charge is 0.0900 e. The van der Waals surface area contributed by atoms with Crippen molar-refractivity contribution in [3.05, 3.63) is 0 Å². The maximum absolute atomic E-state index is 9.92. The number of likely N-dealkylation sites (tertiary alicyclic amines) is 1. The first kappa shape index (κ1) is 13.9. The van der Waals surface area contributed by atoms with E-state index >= 15 is 0 Å². The summed E-state index contributed by atoms with van der Waals surface area (Å²) in [6.45, 7) is 10.6. The van der Waals surface area contributed by atoms with E-state index in [-0.39, 0.29) is 11.7 Å². The van der Waals surface area contributed by atoms with E-state index in [1.54, 1.807) is 0 Å². The van der Waals surface area contributed by atoms with Gasteiger partial charge < -0.3 is 9.84 Å². The molecule has 16 heavy (non-hydrogen) atoms. The lowest BCUT2D eigenvalue weighted by molar-refractivity contribution is -0.0601. The van der Waals surface area contributed by atoms with Gasteiger partial charge in [-0.3, -0.25) is 4.90 Å². The van der Waals surface area contributed by atoms with Crippen LogP contribution in [-0.2, 0) is 4.74 Å². The summed E-state index contributed by atoms with van der Waals surface area (Å²) in [5.41, 5.74) is -0.158. The van der Waals surface area contributed by atoms with E-state index < -0.39 is 0 Å². The standard InChI is InChI=1S/C13H27NO2/c1-11-7-5-6-8-14(11)9-12(15)10-16-13(2,3)4/h11-12,15H,5-10H2,1-4H3. The molecule has 1 N–H and O–H groups in total. The van der Waals surface area contributed by atoms with Crippen molar-refractivity contribution >= 4 is 0 Å². The largest absolute Gasteiger partial charge is 0.389 e. The Morgan fingerprint density at radius 2 is 2.06 bits per heavy atom. The summed E-state index contributed by atoms with van der Waals surface area (Å²) in [6.07, 6.45) is 3.48. The van der Waals surface area contributed by atoms with Gasteiger partial charge in [0.1, 0.15) is 0 Å². The third kappa shape index (κ3) is 5.28. The molecule has 0 radical (unpaired) electrons. The quantitative estimate of drug-likeness (QED) is 0.800. The second kappa shape index (κ2) is 5.99. The second-order valence-corrected chi connectivity index (χ2v) is 5.92. The van der Waals surface area contributed by atoms with Crippen LogP contribution in [0.1, 0.15) is 47.0 Å². The Morgan fingerprint density at radius 3 is 2.62 bits per heavy atom. The Kier molecular flexibility index (Phi) is 5.22. The summed E-state index contributed by atoms with van der Waals surface area (Å²) in [7, 11) is 0. The molecule has 0 aromatic rings. The van der Waals surface area contributed by atoms with Crippen molar-refractivity contribution in [1.29, 1.82) is 0 Å². The molecule has 3 nitrogen and oxygen atoms in total. The first-order chi connectivity index (χ1) is 7.38. The third-order valence-corrected chi connectivity index (χ3v) is 3.09. The number of aliphatic hydroxyl groups is 1. The van der Waals surface area contributed by atoms with E-state index in [1.807, 2.05) is 20.8 Å². The molecule has 1 fully saturated rings. The first-order valence-corrected chi connectivity index (χ1v) is 6.44. The number of ether oxygens (including phenoxy) is 1. The molecule has 2 atom stereocenters. The number of aliphatic hydroxyl groups excluding tert-OH is 1. The maximum Gasteiger partial charge on any atom is 0.0900 e. The van der Waals surface area contributed by atoms with E-state index in [4.69, 9.17) is 4.74 Å². The monoisotopic (exact) mass is 229 g/mol. The van der Waals surface area contributed by atoms with Gasteiger partial charge in [0.05, 0.1) is 18.3 Å². The fourth-order valence-electron chi connectivity index (χ4n) is 2.10. The van der Waals surface area contributed by atoms with E-state index in [0.717, 1.165) is 13.1 Å². The van der Waals surface area contributed by atoms with Crippen LogP contribution in [0.3, 0.4) is 0 Å². The molecule has 1 aliphatic heterocycles. The summed E-state index contributed by atoms with van der Waals surface area (Å²) < 4.78 is 5.59. The summed E-state index contributed by atoms with van der Waals surface area (Å²) in [5, 5.41) is 9.92. The maximum atomic E-state index is 9.92. The minimum absolute atomic E-state index is 0.158. The SMILES string of the molecule is CC1CCCCN1CC(O)COC(C)(C)C. The van der Waals surface area contributed by atoms with Crippen LogP contribution in [0.15, 0.2) is 0 Å².